The number of hydrogen-bond acceptors (Lipinski definition) is 6. The smallest absolute Gasteiger partial charge is 0.293 e. The molecule has 8 heteroatoms. The van der Waals surface area contributed by atoms with Gasteiger partial charge in [-0.3, -0.25) is 9.48 Å². The van der Waals surface area contributed by atoms with Crippen LogP contribution in [0.2, 0.25) is 0 Å². The summed E-state index contributed by atoms with van der Waals surface area (Å²) in [4.78, 5) is 17.7. The summed E-state index contributed by atoms with van der Waals surface area (Å²) in [7, 11) is 0. The molecular formula is C20H19N5O3. The largest absolute Gasteiger partial charge is 0.502 e. The first-order valence-corrected chi connectivity index (χ1v) is 8.85. The maximum Gasteiger partial charge on any atom is 0.293 e. The van der Waals surface area contributed by atoms with E-state index in [4.69, 9.17) is 10.5 Å². The molecule has 3 heterocycles. The zero-order valence-corrected chi connectivity index (χ0v) is 15.0. The van der Waals surface area contributed by atoms with Crippen LogP contribution in [0.25, 0.3) is 0 Å². The van der Waals surface area contributed by atoms with Crippen LogP contribution in [0.3, 0.4) is 0 Å². The van der Waals surface area contributed by atoms with Crippen molar-refractivity contribution in [3.63, 3.8) is 0 Å². The lowest BCUT2D eigenvalue weighted by atomic mass is 10.0. The van der Waals surface area contributed by atoms with Crippen LogP contribution in [0.5, 0.6) is 5.75 Å². The lowest BCUT2D eigenvalue weighted by Gasteiger charge is -2.25. The molecule has 1 saturated heterocycles. The van der Waals surface area contributed by atoms with Crippen molar-refractivity contribution in [1.29, 1.82) is 0 Å². The normalized spacial score (nSPS) is 14.8. The predicted octanol–water partition coefficient (Wildman–Crippen LogP) is 0.886. The van der Waals surface area contributed by atoms with Gasteiger partial charge in [-0.05, 0) is 17.7 Å². The number of nitrogens with zero attached hydrogens (tertiary/aromatic N) is 3. The molecule has 142 valence electrons. The number of aromatic nitrogens is 4. The van der Waals surface area contributed by atoms with Crippen LogP contribution in [-0.4, -0.2) is 38.1 Å². The molecule has 0 saturated carbocycles. The van der Waals surface area contributed by atoms with Crippen molar-refractivity contribution in [3.05, 3.63) is 75.7 Å². The molecule has 0 radical (unpaired) electrons. The number of hydrogen-bond donors (Lipinski definition) is 3. The van der Waals surface area contributed by atoms with Crippen LogP contribution in [0.4, 0.5) is 0 Å². The van der Waals surface area contributed by atoms with Gasteiger partial charge in [0.15, 0.2) is 0 Å². The molecule has 4 N–H and O–H groups in total. The summed E-state index contributed by atoms with van der Waals surface area (Å²) in [6, 6.07) is 7.45. The molecule has 1 aliphatic rings. The minimum atomic E-state index is -0.573. The number of rotatable bonds is 4. The molecule has 1 unspecified atom stereocenters. The second-order valence-electron chi connectivity index (χ2n) is 6.61. The van der Waals surface area contributed by atoms with Gasteiger partial charge in [-0.1, -0.05) is 24.0 Å². The summed E-state index contributed by atoms with van der Waals surface area (Å²) in [5, 5.41) is 14.1. The molecule has 4 rings (SSSR count). The average Bonchev–Trinajstić information content (AvgIpc) is 3.11. The first kappa shape index (κ1) is 18.0. The summed E-state index contributed by atoms with van der Waals surface area (Å²) >= 11 is 0. The molecule has 8 nitrogen and oxygen atoms in total. The van der Waals surface area contributed by atoms with Crippen molar-refractivity contribution < 1.29 is 9.84 Å². The van der Waals surface area contributed by atoms with Gasteiger partial charge in [0.1, 0.15) is 0 Å². The Labute approximate surface area is 161 Å². The van der Waals surface area contributed by atoms with E-state index in [0.717, 1.165) is 16.7 Å². The van der Waals surface area contributed by atoms with Gasteiger partial charge in [-0.15, -0.1) is 0 Å². The van der Waals surface area contributed by atoms with Gasteiger partial charge in [-0.2, -0.15) is 5.10 Å². The van der Waals surface area contributed by atoms with Crippen molar-refractivity contribution in [3.8, 4) is 17.6 Å². The van der Waals surface area contributed by atoms with E-state index in [1.807, 2.05) is 35.1 Å². The number of ether oxygens (including phenoxy) is 1. The average molecular weight is 377 g/mol. The van der Waals surface area contributed by atoms with E-state index in [0.29, 0.717) is 19.3 Å². The number of aromatic hydroxyl groups is 1. The Morgan fingerprint density at radius 2 is 2.04 bits per heavy atom. The van der Waals surface area contributed by atoms with E-state index in [1.165, 1.54) is 6.33 Å². The van der Waals surface area contributed by atoms with Crippen molar-refractivity contribution in [2.75, 3.05) is 13.2 Å². The summed E-state index contributed by atoms with van der Waals surface area (Å²) < 4.78 is 7.05. The van der Waals surface area contributed by atoms with Gasteiger partial charge >= 0.3 is 0 Å². The van der Waals surface area contributed by atoms with Gasteiger partial charge in [0.05, 0.1) is 43.0 Å². The third kappa shape index (κ3) is 3.81. The second kappa shape index (κ2) is 7.68. The van der Waals surface area contributed by atoms with E-state index < -0.39 is 17.4 Å². The fraction of sp³-hybridized carbons (Fsp3) is 0.250. The van der Waals surface area contributed by atoms with E-state index in [2.05, 4.69) is 26.9 Å². The number of H-pyrrole nitrogens is 1. The molecule has 0 bridgehead atoms. The predicted molar refractivity (Wildman–Crippen MR) is 102 cm³/mol. The molecule has 1 aromatic carbocycles. The second-order valence-corrected chi connectivity index (χ2v) is 6.61. The fourth-order valence-corrected chi connectivity index (χ4v) is 2.84. The highest BCUT2D eigenvalue weighted by Gasteiger charge is 2.20. The molecular weight excluding hydrogens is 358 g/mol. The first-order valence-electron chi connectivity index (χ1n) is 8.85. The maximum atomic E-state index is 11.4. The van der Waals surface area contributed by atoms with Crippen LogP contribution in [0.1, 0.15) is 34.5 Å². The molecule has 2 aromatic heterocycles. The Morgan fingerprint density at radius 3 is 2.75 bits per heavy atom. The standard InChI is InChI=1S/C20H19N5O3/c21-17(7-18-19(26)20(27)23-12-22-18)15-5-3-13(4-6-15)1-2-14-8-24-25(9-14)16-10-28-11-16/h3-6,8-9,12,16-17,26H,7,10-11,21H2,(H,22,23,27). The van der Waals surface area contributed by atoms with Gasteiger partial charge in [0.25, 0.3) is 5.56 Å². The third-order valence-electron chi connectivity index (χ3n) is 4.60. The molecule has 28 heavy (non-hydrogen) atoms. The summed E-state index contributed by atoms with van der Waals surface area (Å²) in [6.45, 7) is 1.39. The Morgan fingerprint density at radius 1 is 1.29 bits per heavy atom. The van der Waals surface area contributed by atoms with Gasteiger partial charge in [0, 0.05) is 24.2 Å². The van der Waals surface area contributed by atoms with Crippen molar-refractivity contribution >= 4 is 0 Å². The van der Waals surface area contributed by atoms with E-state index in [9.17, 15) is 9.90 Å². The summed E-state index contributed by atoms with van der Waals surface area (Å²) in [6.07, 6.45) is 5.18. The van der Waals surface area contributed by atoms with Crippen LogP contribution >= 0.6 is 0 Å². The quantitative estimate of drug-likeness (QED) is 0.581. The van der Waals surface area contributed by atoms with Crippen LogP contribution in [-0.2, 0) is 11.2 Å². The Hall–Kier alpha value is -3.41. The minimum Gasteiger partial charge on any atom is -0.502 e. The maximum absolute atomic E-state index is 11.4. The van der Waals surface area contributed by atoms with E-state index in [1.54, 1.807) is 6.20 Å². The lowest BCUT2D eigenvalue weighted by molar-refractivity contribution is -0.0286. The number of nitrogens with one attached hydrogen (secondary N) is 1. The van der Waals surface area contributed by atoms with Gasteiger partial charge < -0.3 is 20.6 Å². The number of aromatic amines is 1. The molecule has 1 fully saturated rings. The molecule has 1 aliphatic heterocycles. The van der Waals surface area contributed by atoms with E-state index in [-0.39, 0.29) is 12.1 Å². The Kier molecular flexibility index (Phi) is 4.93. The fourth-order valence-electron chi connectivity index (χ4n) is 2.84. The van der Waals surface area contributed by atoms with Crippen molar-refractivity contribution in [2.45, 2.75) is 18.5 Å². The topological polar surface area (TPSA) is 119 Å². The molecule has 0 amide bonds. The zero-order valence-electron chi connectivity index (χ0n) is 15.0. The number of benzene rings is 1. The summed E-state index contributed by atoms with van der Waals surface area (Å²) in [5.74, 6) is 5.81. The summed E-state index contributed by atoms with van der Waals surface area (Å²) in [5.41, 5.74) is 8.46. The van der Waals surface area contributed by atoms with Crippen LogP contribution in [0.15, 0.2) is 47.8 Å². The van der Waals surface area contributed by atoms with Crippen molar-refractivity contribution in [1.82, 2.24) is 19.7 Å². The first-order chi connectivity index (χ1) is 13.6. The minimum absolute atomic E-state index is 0.255. The highest BCUT2D eigenvalue weighted by Crippen LogP contribution is 2.19. The molecule has 0 spiro atoms. The third-order valence-corrected chi connectivity index (χ3v) is 4.60. The number of nitrogens with two attached hydrogens (primary N) is 1. The molecule has 3 aromatic rings. The van der Waals surface area contributed by atoms with Crippen LogP contribution < -0.4 is 11.3 Å². The SMILES string of the molecule is NC(Cc1nc[nH]c(=O)c1O)c1ccc(C#Cc2cnn(C3COC3)c2)cc1. The zero-order chi connectivity index (χ0) is 19.5. The lowest BCUT2D eigenvalue weighted by Crippen LogP contribution is -2.30. The van der Waals surface area contributed by atoms with Gasteiger partial charge in [-0.25, -0.2) is 4.98 Å². The highest BCUT2D eigenvalue weighted by molar-refractivity contribution is 5.42. The molecule has 1 atom stereocenters. The van der Waals surface area contributed by atoms with Crippen LogP contribution in [0, 0.1) is 11.8 Å². The molecule has 0 aliphatic carbocycles. The van der Waals surface area contributed by atoms with E-state index >= 15 is 0 Å². The monoisotopic (exact) mass is 377 g/mol. The highest BCUT2D eigenvalue weighted by atomic mass is 16.5. The van der Waals surface area contributed by atoms with Crippen molar-refractivity contribution in [2.24, 2.45) is 5.73 Å². The van der Waals surface area contributed by atoms with Gasteiger partial charge in [0.2, 0.25) is 5.75 Å². The Bertz CT molecular complexity index is 1090. The Balaban J connectivity index is 1.43.